The van der Waals surface area contributed by atoms with E-state index in [1.54, 1.807) is 6.33 Å². The molecule has 0 saturated carbocycles. The van der Waals surface area contributed by atoms with Crippen molar-refractivity contribution in [3.8, 4) is 0 Å². The van der Waals surface area contributed by atoms with E-state index in [1.165, 1.54) is 25.8 Å². The minimum atomic E-state index is 0.529. The van der Waals surface area contributed by atoms with Crippen molar-refractivity contribution in [2.75, 3.05) is 24.5 Å². The summed E-state index contributed by atoms with van der Waals surface area (Å²) in [5, 5.41) is 0. The predicted molar refractivity (Wildman–Crippen MR) is 75.8 cm³/mol. The van der Waals surface area contributed by atoms with Crippen LogP contribution in [0.1, 0.15) is 26.2 Å². The lowest BCUT2D eigenvalue weighted by Crippen LogP contribution is -2.59. The molecule has 5 heteroatoms. The third kappa shape index (κ3) is 2.38. The maximum absolute atomic E-state index is 4.42. The van der Waals surface area contributed by atoms with E-state index in [4.69, 9.17) is 0 Å². The Kier molecular flexibility index (Phi) is 3.52. The number of piperazine rings is 1. The fourth-order valence-corrected chi connectivity index (χ4v) is 3.45. The standard InChI is InChI=1S/C13H19BrN4/c1-10-7-17-5-3-2-4-11(17)8-18(10)13-6-12(14)15-9-16-13/h6,9-11H,2-5,7-8H2,1H3. The van der Waals surface area contributed by atoms with Crippen LogP contribution < -0.4 is 4.90 Å². The Bertz CT molecular complexity index is 425. The molecule has 2 aliphatic heterocycles. The van der Waals surface area contributed by atoms with Gasteiger partial charge in [-0.1, -0.05) is 6.42 Å². The molecule has 2 atom stereocenters. The maximum Gasteiger partial charge on any atom is 0.133 e. The summed E-state index contributed by atoms with van der Waals surface area (Å²) in [5.74, 6) is 1.05. The van der Waals surface area contributed by atoms with Gasteiger partial charge in [0.15, 0.2) is 0 Å². The summed E-state index contributed by atoms with van der Waals surface area (Å²) >= 11 is 3.43. The van der Waals surface area contributed by atoms with Gasteiger partial charge in [0.25, 0.3) is 0 Å². The van der Waals surface area contributed by atoms with Crippen LogP contribution in [0.2, 0.25) is 0 Å². The topological polar surface area (TPSA) is 32.3 Å². The van der Waals surface area contributed by atoms with Gasteiger partial charge in [0.2, 0.25) is 0 Å². The maximum atomic E-state index is 4.42. The average molecular weight is 311 g/mol. The van der Waals surface area contributed by atoms with Crippen LogP contribution in [0.5, 0.6) is 0 Å². The molecule has 1 aromatic heterocycles. The van der Waals surface area contributed by atoms with Crippen molar-refractivity contribution in [3.05, 3.63) is 17.0 Å². The van der Waals surface area contributed by atoms with E-state index >= 15 is 0 Å². The SMILES string of the molecule is CC1CN2CCCCC2CN1c1cc(Br)ncn1. The smallest absolute Gasteiger partial charge is 0.133 e. The Balaban J connectivity index is 1.80. The van der Waals surface area contributed by atoms with E-state index in [1.807, 2.05) is 6.07 Å². The number of nitrogens with zero attached hydrogens (tertiary/aromatic N) is 4. The van der Waals surface area contributed by atoms with Gasteiger partial charge >= 0.3 is 0 Å². The zero-order valence-electron chi connectivity index (χ0n) is 10.7. The average Bonchev–Trinajstić information content (AvgIpc) is 2.38. The number of piperidine rings is 1. The van der Waals surface area contributed by atoms with Crippen LogP contribution in [0.3, 0.4) is 0 Å². The Hall–Kier alpha value is -0.680. The van der Waals surface area contributed by atoms with E-state index in [-0.39, 0.29) is 0 Å². The summed E-state index contributed by atoms with van der Waals surface area (Å²) in [6, 6.07) is 3.26. The quantitative estimate of drug-likeness (QED) is 0.745. The van der Waals surface area contributed by atoms with Crippen molar-refractivity contribution in [3.63, 3.8) is 0 Å². The van der Waals surface area contributed by atoms with Crippen molar-refractivity contribution in [2.24, 2.45) is 0 Å². The highest BCUT2D eigenvalue weighted by atomic mass is 79.9. The van der Waals surface area contributed by atoms with Crippen LogP contribution in [0.4, 0.5) is 5.82 Å². The number of fused-ring (bicyclic) bond motifs is 1. The molecule has 4 nitrogen and oxygen atoms in total. The van der Waals surface area contributed by atoms with Crippen LogP contribution in [0.15, 0.2) is 17.0 Å². The lowest BCUT2D eigenvalue weighted by atomic mass is 9.97. The summed E-state index contributed by atoms with van der Waals surface area (Å²) in [6.45, 7) is 5.83. The minimum absolute atomic E-state index is 0.529. The second-order valence-electron chi connectivity index (χ2n) is 5.34. The van der Waals surface area contributed by atoms with Crippen molar-refractivity contribution >= 4 is 21.7 Å². The van der Waals surface area contributed by atoms with Gasteiger partial charge in [-0.25, -0.2) is 9.97 Å². The van der Waals surface area contributed by atoms with Gasteiger partial charge in [0, 0.05) is 31.2 Å². The summed E-state index contributed by atoms with van der Waals surface area (Å²) in [4.78, 5) is 13.6. The predicted octanol–water partition coefficient (Wildman–Crippen LogP) is 2.30. The number of hydrogen-bond donors (Lipinski definition) is 0. The largest absolute Gasteiger partial charge is 0.351 e. The normalized spacial score (nSPS) is 29.1. The van der Waals surface area contributed by atoms with E-state index < -0.39 is 0 Å². The third-order valence-corrected chi connectivity index (χ3v) is 4.53. The highest BCUT2D eigenvalue weighted by Crippen LogP contribution is 2.27. The Morgan fingerprint density at radius 2 is 2.17 bits per heavy atom. The summed E-state index contributed by atoms with van der Waals surface area (Å²) in [6.07, 6.45) is 5.70. The van der Waals surface area contributed by atoms with Gasteiger partial charge in [0.05, 0.1) is 0 Å². The Morgan fingerprint density at radius 1 is 1.28 bits per heavy atom. The summed E-state index contributed by atoms with van der Waals surface area (Å²) in [7, 11) is 0. The van der Waals surface area contributed by atoms with Crippen molar-refractivity contribution in [1.29, 1.82) is 0 Å². The molecule has 0 aromatic carbocycles. The molecular formula is C13H19BrN4. The molecule has 2 fully saturated rings. The first-order valence-corrected chi connectivity index (χ1v) is 7.51. The molecule has 3 heterocycles. The van der Waals surface area contributed by atoms with Crippen molar-refractivity contribution in [1.82, 2.24) is 14.9 Å². The van der Waals surface area contributed by atoms with Crippen LogP contribution in [0, 0.1) is 0 Å². The van der Waals surface area contributed by atoms with E-state index in [0.717, 1.165) is 23.5 Å². The Morgan fingerprint density at radius 3 is 3.00 bits per heavy atom. The van der Waals surface area contributed by atoms with Crippen molar-refractivity contribution < 1.29 is 0 Å². The fraction of sp³-hybridized carbons (Fsp3) is 0.692. The monoisotopic (exact) mass is 310 g/mol. The molecule has 2 saturated heterocycles. The van der Waals surface area contributed by atoms with Gasteiger partial charge in [-0.2, -0.15) is 0 Å². The van der Waals surface area contributed by atoms with Gasteiger partial charge in [-0.15, -0.1) is 0 Å². The molecule has 98 valence electrons. The van der Waals surface area contributed by atoms with Crippen molar-refractivity contribution in [2.45, 2.75) is 38.3 Å². The first kappa shape index (κ1) is 12.4. The summed E-state index contributed by atoms with van der Waals surface area (Å²) < 4.78 is 0.866. The highest BCUT2D eigenvalue weighted by molar-refractivity contribution is 9.10. The summed E-state index contributed by atoms with van der Waals surface area (Å²) in [5.41, 5.74) is 0. The Labute approximate surface area is 117 Å². The molecule has 0 radical (unpaired) electrons. The molecule has 0 spiro atoms. The van der Waals surface area contributed by atoms with Gasteiger partial charge in [-0.05, 0) is 42.2 Å². The molecule has 0 amide bonds. The zero-order chi connectivity index (χ0) is 12.5. The lowest BCUT2D eigenvalue weighted by molar-refractivity contribution is 0.115. The number of rotatable bonds is 1. The van der Waals surface area contributed by atoms with E-state index in [2.05, 4.69) is 42.6 Å². The molecule has 0 aliphatic carbocycles. The molecule has 1 aromatic rings. The minimum Gasteiger partial charge on any atom is -0.351 e. The number of hydrogen-bond acceptors (Lipinski definition) is 4. The van der Waals surface area contributed by atoms with Crippen LogP contribution >= 0.6 is 15.9 Å². The second-order valence-corrected chi connectivity index (χ2v) is 6.16. The highest BCUT2D eigenvalue weighted by Gasteiger charge is 2.33. The van der Waals surface area contributed by atoms with Crippen LogP contribution in [-0.4, -0.2) is 46.6 Å². The lowest BCUT2D eigenvalue weighted by Gasteiger charge is -2.48. The third-order valence-electron chi connectivity index (χ3n) is 4.10. The molecule has 18 heavy (non-hydrogen) atoms. The molecule has 2 unspecified atom stereocenters. The van der Waals surface area contributed by atoms with Gasteiger partial charge < -0.3 is 4.90 Å². The van der Waals surface area contributed by atoms with Crippen LogP contribution in [0.25, 0.3) is 0 Å². The van der Waals surface area contributed by atoms with Gasteiger partial charge in [-0.3, -0.25) is 4.90 Å². The second kappa shape index (κ2) is 5.13. The molecule has 3 rings (SSSR count). The number of aromatic nitrogens is 2. The first-order chi connectivity index (χ1) is 8.74. The number of halogens is 1. The molecule has 2 aliphatic rings. The fourth-order valence-electron chi connectivity index (χ4n) is 3.15. The van der Waals surface area contributed by atoms with Crippen LogP contribution in [-0.2, 0) is 0 Å². The van der Waals surface area contributed by atoms with E-state index in [0.29, 0.717) is 12.1 Å². The zero-order valence-corrected chi connectivity index (χ0v) is 12.3. The molecule has 0 N–H and O–H groups in total. The molecular weight excluding hydrogens is 292 g/mol. The van der Waals surface area contributed by atoms with E-state index in [9.17, 15) is 0 Å². The molecule has 0 bridgehead atoms. The number of anilines is 1. The first-order valence-electron chi connectivity index (χ1n) is 6.72. The van der Waals surface area contributed by atoms with Gasteiger partial charge in [0.1, 0.15) is 16.7 Å².